The van der Waals surface area contributed by atoms with Crippen LogP contribution in [0.15, 0.2) is 34.1 Å². The van der Waals surface area contributed by atoms with Crippen LogP contribution in [-0.4, -0.2) is 50.4 Å². The van der Waals surface area contributed by atoms with Crippen LogP contribution < -0.4 is 4.74 Å². The summed E-state index contributed by atoms with van der Waals surface area (Å²) in [6.07, 6.45) is 11.8. The van der Waals surface area contributed by atoms with Gasteiger partial charge in [-0.2, -0.15) is 0 Å². The zero-order chi connectivity index (χ0) is 26.7. The summed E-state index contributed by atoms with van der Waals surface area (Å²) in [6.45, 7) is 7.88. The fourth-order valence-electron chi connectivity index (χ4n) is 4.14. The molecule has 1 fully saturated rings. The van der Waals surface area contributed by atoms with Crippen LogP contribution in [0.4, 0.5) is 0 Å². The van der Waals surface area contributed by atoms with Crippen LogP contribution >= 0.6 is 11.6 Å². The number of phenolic OH excluding ortho intramolecular Hbond substituents is 1. The summed E-state index contributed by atoms with van der Waals surface area (Å²) in [4.78, 5) is 21.4. The first-order chi connectivity index (χ1) is 17.2. The van der Waals surface area contributed by atoms with Gasteiger partial charge in [0.25, 0.3) is 0 Å². The minimum absolute atomic E-state index is 0.0606. The Morgan fingerprint density at radius 3 is 2.72 bits per heavy atom. The normalized spacial score (nSPS) is 19.8. The molecule has 1 aromatic carbocycles. The number of carbonyl (C=O) groups is 1. The van der Waals surface area contributed by atoms with Crippen LogP contribution in [0, 0.1) is 12.3 Å². The van der Waals surface area contributed by atoms with Crippen molar-refractivity contribution in [1.82, 2.24) is 0 Å². The minimum atomic E-state index is -0.420. The fraction of sp³-hybridized carbons (Fsp3) is 0.519. The number of benzene rings is 1. The number of carbonyl (C=O) groups excluding carboxylic acids is 1. The number of esters is 1. The number of methoxy groups -OCH3 is 1. The van der Waals surface area contributed by atoms with Crippen molar-refractivity contribution in [3.05, 3.63) is 45.5 Å². The number of oxime groups is 2. The van der Waals surface area contributed by atoms with Crippen molar-refractivity contribution in [2.45, 2.75) is 59.8 Å². The van der Waals surface area contributed by atoms with Gasteiger partial charge in [-0.05, 0) is 63.9 Å². The summed E-state index contributed by atoms with van der Waals surface area (Å²) < 4.78 is 10.4. The molecule has 1 aliphatic carbocycles. The Bertz CT molecular complexity index is 1050. The molecule has 8 nitrogen and oxygen atoms in total. The highest BCUT2D eigenvalue weighted by Gasteiger charge is 2.28. The molecular formula is C27H37ClN2O6. The third-order valence-electron chi connectivity index (χ3n) is 6.12. The summed E-state index contributed by atoms with van der Waals surface area (Å²) >= 11 is 6.51. The summed E-state index contributed by atoms with van der Waals surface area (Å²) in [5.74, 6) is 0.0828. The molecule has 1 aliphatic rings. The third kappa shape index (κ3) is 8.01. The van der Waals surface area contributed by atoms with Gasteiger partial charge < -0.3 is 24.3 Å². The van der Waals surface area contributed by atoms with Gasteiger partial charge in [-0.25, -0.2) is 4.79 Å². The molecule has 1 aromatic rings. The van der Waals surface area contributed by atoms with Crippen LogP contribution in [-0.2, 0) is 25.6 Å². The number of nitrogens with zero attached hydrogens (tertiary/aromatic N) is 2. The van der Waals surface area contributed by atoms with Crippen LogP contribution in [0.2, 0.25) is 5.02 Å². The number of aromatic hydroxyl groups is 1. The van der Waals surface area contributed by atoms with E-state index in [9.17, 15) is 9.90 Å². The van der Waals surface area contributed by atoms with E-state index in [0.29, 0.717) is 40.5 Å². The van der Waals surface area contributed by atoms with Gasteiger partial charge >= 0.3 is 5.97 Å². The van der Waals surface area contributed by atoms with Crippen molar-refractivity contribution in [3.8, 4) is 11.5 Å². The molecule has 0 heterocycles. The molecule has 0 amide bonds. The number of hydrogen-bond acceptors (Lipinski definition) is 8. The predicted octanol–water partition coefficient (Wildman–Crippen LogP) is 5.90. The number of halogens is 1. The standard InChI is InChI=1S/C27H37ClN2O6/c1-7-35-23(31)17-36-30-20-9-8-13-27(4,15-20)14-12-18(2)10-11-21-25(32)22(16-29-34-6)19(3)24(28)26(21)33-5/h10,12,14,16,32H,7-9,11,13,15,17H2,1-6H3/b14-12+,18-10+,29-16+,30-20+/t27-/m1/s1. The van der Waals surface area contributed by atoms with Gasteiger partial charge in [0.15, 0.2) is 0 Å². The van der Waals surface area contributed by atoms with Gasteiger partial charge in [0.05, 0.1) is 30.7 Å². The molecule has 0 spiro atoms. The van der Waals surface area contributed by atoms with E-state index in [1.165, 1.54) is 20.4 Å². The van der Waals surface area contributed by atoms with E-state index in [2.05, 4.69) is 29.4 Å². The molecule has 0 saturated heterocycles. The molecule has 0 bridgehead atoms. The van der Waals surface area contributed by atoms with Crippen molar-refractivity contribution in [3.63, 3.8) is 0 Å². The average molecular weight is 521 g/mol. The van der Waals surface area contributed by atoms with Gasteiger partial charge in [0.2, 0.25) is 6.61 Å². The Hall–Kier alpha value is -3.00. The summed E-state index contributed by atoms with van der Waals surface area (Å²) in [5, 5.41) is 19.3. The minimum Gasteiger partial charge on any atom is -0.507 e. The lowest BCUT2D eigenvalue weighted by atomic mass is 9.74. The molecule has 1 N–H and O–H groups in total. The average Bonchev–Trinajstić information content (AvgIpc) is 2.84. The quantitative estimate of drug-likeness (QED) is 0.169. The van der Waals surface area contributed by atoms with Gasteiger partial charge in [0.1, 0.15) is 18.6 Å². The van der Waals surface area contributed by atoms with Crippen molar-refractivity contribution in [2.24, 2.45) is 15.7 Å². The number of hydrogen-bond donors (Lipinski definition) is 1. The molecular weight excluding hydrogens is 484 g/mol. The summed E-state index contributed by atoms with van der Waals surface area (Å²) in [7, 11) is 2.97. The van der Waals surface area contributed by atoms with Gasteiger partial charge in [0, 0.05) is 11.1 Å². The van der Waals surface area contributed by atoms with Gasteiger partial charge in [-0.3, -0.25) is 0 Å². The van der Waals surface area contributed by atoms with Crippen molar-refractivity contribution in [1.29, 1.82) is 0 Å². The van der Waals surface area contributed by atoms with E-state index in [4.69, 9.17) is 30.7 Å². The number of ether oxygens (including phenoxy) is 2. The zero-order valence-corrected chi connectivity index (χ0v) is 22.8. The topological polar surface area (TPSA) is 98.9 Å². The second kappa shape index (κ2) is 13.9. The fourth-order valence-corrected chi connectivity index (χ4v) is 4.43. The van der Waals surface area contributed by atoms with E-state index >= 15 is 0 Å². The first kappa shape index (κ1) is 29.2. The van der Waals surface area contributed by atoms with E-state index in [1.54, 1.807) is 13.8 Å². The highest BCUT2D eigenvalue weighted by atomic mass is 35.5. The van der Waals surface area contributed by atoms with Crippen LogP contribution in [0.25, 0.3) is 0 Å². The third-order valence-corrected chi connectivity index (χ3v) is 6.57. The Labute approximate surface area is 218 Å². The van der Waals surface area contributed by atoms with E-state index in [0.717, 1.165) is 37.0 Å². The van der Waals surface area contributed by atoms with E-state index < -0.39 is 5.97 Å². The van der Waals surface area contributed by atoms with Gasteiger partial charge in [-0.1, -0.05) is 52.6 Å². The zero-order valence-electron chi connectivity index (χ0n) is 22.0. The largest absolute Gasteiger partial charge is 0.507 e. The Morgan fingerprint density at radius 1 is 1.31 bits per heavy atom. The molecule has 0 radical (unpaired) electrons. The second-order valence-corrected chi connectivity index (χ2v) is 9.41. The Balaban J connectivity index is 2.15. The summed E-state index contributed by atoms with van der Waals surface area (Å²) in [6, 6.07) is 0. The highest BCUT2D eigenvalue weighted by molar-refractivity contribution is 6.33. The lowest BCUT2D eigenvalue weighted by Gasteiger charge is -2.31. The molecule has 9 heteroatoms. The lowest BCUT2D eigenvalue weighted by Crippen LogP contribution is -2.24. The summed E-state index contributed by atoms with van der Waals surface area (Å²) in [5.41, 5.74) is 3.63. The van der Waals surface area contributed by atoms with Crippen LogP contribution in [0.3, 0.4) is 0 Å². The number of rotatable bonds is 11. The SMILES string of the molecule is CCOC(=O)CO/N=C1\CCC[C@](C)(/C=C/C(C)=C/Cc2c(O)c(/C=N/OC)c(C)c(Cl)c2OC)C1. The molecule has 1 atom stereocenters. The molecule has 1 saturated carbocycles. The molecule has 198 valence electrons. The van der Waals surface area contributed by atoms with Crippen molar-refractivity contribution in [2.75, 3.05) is 27.4 Å². The Kier molecular flexibility index (Phi) is 11.3. The van der Waals surface area contributed by atoms with E-state index in [-0.39, 0.29) is 17.8 Å². The predicted molar refractivity (Wildman–Crippen MR) is 142 cm³/mol. The first-order valence-electron chi connectivity index (χ1n) is 12.0. The van der Waals surface area contributed by atoms with Crippen molar-refractivity contribution >= 4 is 29.5 Å². The maximum atomic E-state index is 11.4. The molecule has 36 heavy (non-hydrogen) atoms. The molecule has 0 aliphatic heterocycles. The maximum Gasteiger partial charge on any atom is 0.347 e. The Morgan fingerprint density at radius 2 is 2.06 bits per heavy atom. The maximum absolute atomic E-state index is 11.4. The second-order valence-electron chi connectivity index (χ2n) is 9.04. The monoisotopic (exact) mass is 520 g/mol. The molecule has 0 unspecified atom stereocenters. The van der Waals surface area contributed by atoms with Crippen LogP contribution in [0.1, 0.15) is 63.1 Å². The smallest absolute Gasteiger partial charge is 0.347 e. The highest BCUT2D eigenvalue weighted by Crippen LogP contribution is 2.41. The van der Waals surface area contributed by atoms with Crippen LogP contribution in [0.5, 0.6) is 11.5 Å². The van der Waals surface area contributed by atoms with Crippen molar-refractivity contribution < 1.29 is 29.0 Å². The number of phenols is 1. The molecule has 2 rings (SSSR count). The molecule has 0 aromatic heterocycles. The lowest BCUT2D eigenvalue weighted by molar-refractivity contribution is -0.148. The van der Waals surface area contributed by atoms with E-state index in [1.807, 2.05) is 13.0 Å². The first-order valence-corrected chi connectivity index (χ1v) is 12.4. The number of allylic oxidation sites excluding steroid dienone is 4. The van der Waals surface area contributed by atoms with Gasteiger partial charge in [-0.15, -0.1) is 0 Å².